The first-order valence-corrected chi connectivity index (χ1v) is 9.10. The van der Waals surface area contributed by atoms with Gasteiger partial charge < -0.3 is 9.52 Å². The van der Waals surface area contributed by atoms with Crippen LogP contribution in [0.25, 0.3) is 11.1 Å². The number of anilines is 1. The largest absolute Gasteiger partial charge is 0.419 e. The number of oxazole rings is 1. The van der Waals surface area contributed by atoms with Gasteiger partial charge in [-0.15, -0.1) is 0 Å². The number of hydrogen-bond acceptors (Lipinski definition) is 5. The molecule has 0 radical (unpaired) electrons. The van der Waals surface area contributed by atoms with E-state index in [1.165, 1.54) is 29.7 Å². The molecule has 0 fully saturated rings. The van der Waals surface area contributed by atoms with E-state index in [0.29, 0.717) is 11.2 Å². The summed E-state index contributed by atoms with van der Waals surface area (Å²) < 4.78 is 33.7. The molecule has 3 rings (SSSR count). The third-order valence-electron chi connectivity index (χ3n) is 3.83. The van der Waals surface area contributed by atoms with E-state index in [0.717, 1.165) is 4.31 Å². The molecule has 2 aromatic carbocycles. The first-order chi connectivity index (χ1) is 11.8. The van der Waals surface area contributed by atoms with Crippen molar-refractivity contribution >= 4 is 26.8 Å². The molecule has 0 amide bonds. The SMILES string of the molecule is C[C@@H](O)CN(c1ccccc1)S(=O)(=O)c1ccc2c(c1)oc(=O)n2C. The van der Waals surface area contributed by atoms with Gasteiger partial charge in [0.2, 0.25) is 0 Å². The molecule has 7 nitrogen and oxygen atoms in total. The highest BCUT2D eigenvalue weighted by atomic mass is 32.2. The highest BCUT2D eigenvalue weighted by Crippen LogP contribution is 2.26. The predicted octanol–water partition coefficient (Wildman–Crippen LogP) is 1.71. The molecule has 0 saturated heterocycles. The molecular formula is C17H18N2O5S. The number of aliphatic hydroxyl groups excluding tert-OH is 1. The summed E-state index contributed by atoms with van der Waals surface area (Å²) in [6.45, 7) is 1.42. The average Bonchev–Trinajstić information content (AvgIpc) is 2.87. The average molecular weight is 362 g/mol. The van der Waals surface area contributed by atoms with Crippen LogP contribution in [-0.4, -0.2) is 30.7 Å². The van der Waals surface area contributed by atoms with Crippen LogP contribution in [0, 0.1) is 0 Å². The zero-order chi connectivity index (χ0) is 18.2. The fraction of sp³-hybridized carbons (Fsp3) is 0.235. The molecule has 0 aliphatic heterocycles. The van der Waals surface area contributed by atoms with Gasteiger partial charge in [0.05, 0.1) is 28.7 Å². The van der Waals surface area contributed by atoms with Crippen molar-refractivity contribution in [2.75, 3.05) is 10.8 Å². The van der Waals surface area contributed by atoms with E-state index < -0.39 is 21.9 Å². The Hall–Kier alpha value is -2.58. The van der Waals surface area contributed by atoms with Crippen molar-refractivity contribution in [2.45, 2.75) is 17.9 Å². The molecule has 1 aromatic heterocycles. The summed E-state index contributed by atoms with van der Waals surface area (Å²) in [6, 6.07) is 12.8. The Kier molecular flexibility index (Phi) is 4.40. The van der Waals surface area contributed by atoms with E-state index in [1.54, 1.807) is 37.4 Å². The van der Waals surface area contributed by atoms with Crippen LogP contribution in [0.3, 0.4) is 0 Å². The molecule has 0 unspecified atom stereocenters. The summed E-state index contributed by atoms with van der Waals surface area (Å²) in [6.07, 6.45) is -0.853. The van der Waals surface area contributed by atoms with Gasteiger partial charge in [0.1, 0.15) is 0 Å². The van der Waals surface area contributed by atoms with Crippen molar-refractivity contribution in [3.05, 3.63) is 59.1 Å². The second-order valence-electron chi connectivity index (χ2n) is 5.78. The van der Waals surface area contributed by atoms with Gasteiger partial charge >= 0.3 is 5.76 Å². The van der Waals surface area contributed by atoms with Gasteiger partial charge in [-0.05, 0) is 31.2 Å². The van der Waals surface area contributed by atoms with Gasteiger partial charge in [-0.3, -0.25) is 8.87 Å². The zero-order valence-corrected chi connectivity index (χ0v) is 14.6. The van der Waals surface area contributed by atoms with Crippen LogP contribution in [0.5, 0.6) is 0 Å². The number of aromatic nitrogens is 1. The van der Waals surface area contributed by atoms with Crippen molar-refractivity contribution in [1.82, 2.24) is 4.57 Å². The topological polar surface area (TPSA) is 92.8 Å². The number of fused-ring (bicyclic) bond motifs is 1. The van der Waals surface area contributed by atoms with E-state index in [4.69, 9.17) is 4.42 Å². The summed E-state index contributed by atoms with van der Waals surface area (Å²) in [5.41, 5.74) is 1.14. The van der Waals surface area contributed by atoms with Crippen LogP contribution in [0.2, 0.25) is 0 Å². The minimum Gasteiger partial charge on any atom is -0.408 e. The van der Waals surface area contributed by atoms with Crippen molar-refractivity contribution in [1.29, 1.82) is 0 Å². The number of rotatable bonds is 5. The van der Waals surface area contributed by atoms with Gasteiger partial charge in [-0.1, -0.05) is 18.2 Å². The maximum absolute atomic E-state index is 13.1. The Bertz CT molecular complexity index is 1050. The number of aliphatic hydroxyl groups is 1. The molecule has 1 atom stereocenters. The summed E-state index contributed by atoms with van der Waals surface area (Å²) in [5.74, 6) is -0.562. The van der Waals surface area contributed by atoms with Crippen molar-refractivity contribution in [3.8, 4) is 0 Å². The minimum absolute atomic E-state index is 0.0150. The molecule has 25 heavy (non-hydrogen) atoms. The quantitative estimate of drug-likeness (QED) is 0.746. The van der Waals surface area contributed by atoms with E-state index in [9.17, 15) is 18.3 Å². The van der Waals surface area contributed by atoms with Gasteiger partial charge in [0, 0.05) is 13.1 Å². The normalized spacial score (nSPS) is 13.1. The van der Waals surface area contributed by atoms with Crippen LogP contribution in [0.4, 0.5) is 5.69 Å². The summed E-state index contributed by atoms with van der Waals surface area (Å²) in [5, 5.41) is 9.74. The lowest BCUT2D eigenvalue weighted by molar-refractivity contribution is 0.204. The van der Waals surface area contributed by atoms with Crippen LogP contribution in [0.15, 0.2) is 62.6 Å². The minimum atomic E-state index is -3.94. The van der Waals surface area contributed by atoms with Crippen LogP contribution >= 0.6 is 0 Å². The monoisotopic (exact) mass is 362 g/mol. The second-order valence-corrected chi connectivity index (χ2v) is 7.64. The number of aryl methyl sites for hydroxylation is 1. The second kappa shape index (κ2) is 6.38. The highest BCUT2D eigenvalue weighted by molar-refractivity contribution is 7.92. The fourth-order valence-electron chi connectivity index (χ4n) is 2.58. The van der Waals surface area contributed by atoms with Crippen LogP contribution in [-0.2, 0) is 17.1 Å². The third kappa shape index (κ3) is 3.18. The van der Waals surface area contributed by atoms with E-state index in [-0.39, 0.29) is 17.0 Å². The molecule has 0 saturated carbocycles. The lowest BCUT2D eigenvalue weighted by atomic mass is 10.3. The summed E-state index contributed by atoms with van der Waals surface area (Å²) in [7, 11) is -2.39. The predicted molar refractivity (Wildman–Crippen MR) is 94.1 cm³/mol. The first-order valence-electron chi connectivity index (χ1n) is 7.66. The van der Waals surface area contributed by atoms with Crippen molar-refractivity contribution in [2.24, 2.45) is 7.05 Å². The Morgan fingerprint density at radius 2 is 1.88 bits per heavy atom. The maximum atomic E-state index is 13.1. The lowest BCUT2D eigenvalue weighted by Gasteiger charge is -2.25. The van der Waals surface area contributed by atoms with Crippen molar-refractivity contribution < 1.29 is 17.9 Å². The van der Waals surface area contributed by atoms with Gasteiger partial charge in [0.25, 0.3) is 10.0 Å². The number of sulfonamides is 1. The van der Waals surface area contributed by atoms with Crippen LogP contribution < -0.4 is 10.1 Å². The number of para-hydroxylation sites is 1. The van der Waals surface area contributed by atoms with Crippen LogP contribution in [0.1, 0.15) is 6.92 Å². The van der Waals surface area contributed by atoms with Gasteiger partial charge in [0.15, 0.2) is 5.58 Å². The third-order valence-corrected chi connectivity index (χ3v) is 5.62. The molecule has 3 aromatic rings. The smallest absolute Gasteiger partial charge is 0.408 e. The Balaban J connectivity index is 2.13. The molecule has 0 bridgehead atoms. The van der Waals surface area contributed by atoms with Gasteiger partial charge in [-0.25, -0.2) is 13.2 Å². The molecule has 132 valence electrons. The summed E-state index contributed by atoms with van der Waals surface area (Å²) >= 11 is 0. The Labute approximate surface area is 144 Å². The molecular weight excluding hydrogens is 344 g/mol. The van der Waals surface area contributed by atoms with Crippen molar-refractivity contribution in [3.63, 3.8) is 0 Å². The maximum Gasteiger partial charge on any atom is 0.419 e. The standard InChI is InChI=1S/C17H18N2O5S/c1-12(20)11-19(13-6-4-3-5-7-13)25(22,23)14-8-9-15-16(10-14)24-17(21)18(15)2/h3-10,12,20H,11H2,1-2H3/t12-/m1/s1. The number of benzene rings is 2. The molecule has 0 aliphatic carbocycles. The Morgan fingerprint density at radius 3 is 2.52 bits per heavy atom. The molecule has 0 aliphatic rings. The number of hydrogen-bond donors (Lipinski definition) is 1. The Morgan fingerprint density at radius 1 is 1.20 bits per heavy atom. The van der Waals surface area contributed by atoms with Gasteiger partial charge in [-0.2, -0.15) is 0 Å². The van der Waals surface area contributed by atoms with E-state index in [1.807, 2.05) is 0 Å². The number of nitrogens with zero attached hydrogens (tertiary/aromatic N) is 2. The summed E-state index contributed by atoms with van der Waals surface area (Å²) in [4.78, 5) is 11.6. The molecule has 0 spiro atoms. The lowest BCUT2D eigenvalue weighted by Crippen LogP contribution is -2.36. The van der Waals surface area contributed by atoms with E-state index in [2.05, 4.69) is 0 Å². The first kappa shape index (κ1) is 17.2. The fourth-order valence-corrected chi connectivity index (χ4v) is 4.14. The zero-order valence-electron chi connectivity index (χ0n) is 13.8. The highest BCUT2D eigenvalue weighted by Gasteiger charge is 2.27. The molecule has 1 heterocycles. The molecule has 1 N–H and O–H groups in total. The molecule has 8 heteroatoms. The van der Waals surface area contributed by atoms with E-state index >= 15 is 0 Å².